The number of hydrogen-bond acceptors (Lipinski definition) is 3. The lowest BCUT2D eigenvalue weighted by Crippen LogP contribution is -2.21. The molecule has 2 aromatic carbocycles. The van der Waals surface area contributed by atoms with Gasteiger partial charge in [0.15, 0.2) is 6.04 Å². The van der Waals surface area contributed by atoms with E-state index in [9.17, 15) is 9.90 Å². The molecule has 0 aliphatic rings. The third kappa shape index (κ3) is 3.36. The summed E-state index contributed by atoms with van der Waals surface area (Å²) in [7, 11) is 0. The third-order valence-electron chi connectivity index (χ3n) is 3.15. The first kappa shape index (κ1) is 15.7. The first-order valence-electron chi connectivity index (χ1n) is 6.20. The SMILES string of the molecule is Cc1cccc(C)c1NC(C(=O)O)c1ccccc1.N. The molecule has 0 saturated carbocycles. The second-order valence-corrected chi connectivity index (χ2v) is 4.59. The average molecular weight is 272 g/mol. The van der Waals surface area contributed by atoms with Gasteiger partial charge in [0.1, 0.15) is 0 Å². The number of carboxylic acid groups (broad SMARTS) is 1. The highest BCUT2D eigenvalue weighted by atomic mass is 16.4. The normalized spacial score (nSPS) is 11.3. The van der Waals surface area contributed by atoms with Gasteiger partial charge >= 0.3 is 5.97 Å². The average Bonchev–Trinajstić information content (AvgIpc) is 2.39. The highest BCUT2D eigenvalue weighted by Gasteiger charge is 2.20. The predicted molar refractivity (Wildman–Crippen MR) is 81.4 cm³/mol. The summed E-state index contributed by atoms with van der Waals surface area (Å²) >= 11 is 0. The van der Waals surface area contributed by atoms with E-state index < -0.39 is 12.0 Å². The zero-order valence-corrected chi connectivity index (χ0v) is 11.8. The van der Waals surface area contributed by atoms with Gasteiger partial charge in [-0.15, -0.1) is 0 Å². The zero-order chi connectivity index (χ0) is 13.8. The smallest absolute Gasteiger partial charge is 0.330 e. The molecule has 0 amide bonds. The Morgan fingerprint density at radius 3 is 2.05 bits per heavy atom. The van der Waals surface area contributed by atoms with Crippen molar-refractivity contribution in [2.45, 2.75) is 19.9 Å². The zero-order valence-electron chi connectivity index (χ0n) is 11.8. The van der Waals surface area contributed by atoms with E-state index in [2.05, 4.69) is 5.32 Å². The summed E-state index contributed by atoms with van der Waals surface area (Å²) in [6.45, 7) is 3.94. The van der Waals surface area contributed by atoms with Crippen LogP contribution in [0.2, 0.25) is 0 Å². The van der Waals surface area contributed by atoms with Gasteiger partial charge in [-0.3, -0.25) is 0 Å². The Morgan fingerprint density at radius 1 is 1.00 bits per heavy atom. The van der Waals surface area contributed by atoms with E-state index >= 15 is 0 Å². The number of rotatable bonds is 4. The molecule has 106 valence electrons. The number of aliphatic carboxylic acids is 1. The molecule has 0 radical (unpaired) electrons. The van der Waals surface area contributed by atoms with E-state index in [1.54, 1.807) is 0 Å². The second-order valence-electron chi connectivity index (χ2n) is 4.59. The van der Waals surface area contributed by atoms with Crippen LogP contribution in [0, 0.1) is 13.8 Å². The molecular formula is C16H20N2O2. The van der Waals surface area contributed by atoms with E-state index in [-0.39, 0.29) is 6.15 Å². The highest BCUT2D eigenvalue weighted by Crippen LogP contribution is 2.25. The molecule has 0 heterocycles. The van der Waals surface area contributed by atoms with Crippen molar-refractivity contribution >= 4 is 11.7 Å². The van der Waals surface area contributed by atoms with Gasteiger partial charge in [-0.25, -0.2) is 4.79 Å². The molecular weight excluding hydrogens is 252 g/mol. The highest BCUT2D eigenvalue weighted by molar-refractivity contribution is 5.80. The number of para-hydroxylation sites is 1. The van der Waals surface area contributed by atoms with Crippen LogP contribution in [0.15, 0.2) is 48.5 Å². The van der Waals surface area contributed by atoms with E-state index in [1.165, 1.54) is 0 Å². The molecule has 0 fully saturated rings. The molecule has 1 atom stereocenters. The second kappa shape index (κ2) is 6.73. The number of benzene rings is 2. The summed E-state index contributed by atoms with van der Waals surface area (Å²) in [4.78, 5) is 11.5. The molecule has 0 spiro atoms. The van der Waals surface area contributed by atoms with Crippen LogP contribution in [0.5, 0.6) is 0 Å². The molecule has 1 unspecified atom stereocenters. The number of nitrogens with one attached hydrogen (secondary N) is 1. The Kier molecular flexibility index (Phi) is 5.29. The van der Waals surface area contributed by atoms with Crippen molar-refractivity contribution in [1.29, 1.82) is 0 Å². The fourth-order valence-electron chi connectivity index (χ4n) is 2.12. The van der Waals surface area contributed by atoms with Crippen LogP contribution in [-0.4, -0.2) is 11.1 Å². The Hall–Kier alpha value is -2.33. The molecule has 0 saturated heterocycles. The monoisotopic (exact) mass is 272 g/mol. The summed E-state index contributed by atoms with van der Waals surface area (Å²) in [5, 5.41) is 12.5. The van der Waals surface area contributed by atoms with Crippen molar-refractivity contribution in [3.63, 3.8) is 0 Å². The minimum atomic E-state index is -0.881. The molecule has 4 heteroatoms. The van der Waals surface area contributed by atoms with Crippen LogP contribution in [0.1, 0.15) is 22.7 Å². The summed E-state index contributed by atoms with van der Waals surface area (Å²) in [6.07, 6.45) is 0. The Bertz CT molecular complexity index is 562. The van der Waals surface area contributed by atoms with Crippen molar-refractivity contribution in [3.05, 3.63) is 65.2 Å². The van der Waals surface area contributed by atoms with E-state index in [0.717, 1.165) is 22.4 Å². The number of hydrogen-bond donors (Lipinski definition) is 3. The Morgan fingerprint density at radius 2 is 1.55 bits per heavy atom. The largest absolute Gasteiger partial charge is 0.479 e. The number of aryl methyl sites for hydroxylation is 2. The lowest BCUT2D eigenvalue weighted by molar-refractivity contribution is -0.138. The van der Waals surface area contributed by atoms with Crippen molar-refractivity contribution in [3.8, 4) is 0 Å². The maximum atomic E-state index is 11.5. The molecule has 0 aromatic heterocycles. The maximum Gasteiger partial charge on any atom is 0.330 e. The van der Waals surface area contributed by atoms with Crippen molar-refractivity contribution in [2.75, 3.05) is 5.32 Å². The minimum absolute atomic E-state index is 0. The number of carbonyl (C=O) groups is 1. The molecule has 0 aliphatic carbocycles. The van der Waals surface area contributed by atoms with Crippen LogP contribution in [0.3, 0.4) is 0 Å². The van der Waals surface area contributed by atoms with Crippen LogP contribution >= 0.6 is 0 Å². The van der Waals surface area contributed by atoms with E-state index in [1.807, 2.05) is 62.4 Å². The van der Waals surface area contributed by atoms with Gasteiger partial charge in [0.2, 0.25) is 0 Å². The van der Waals surface area contributed by atoms with Gasteiger partial charge in [-0.1, -0.05) is 48.5 Å². The maximum absolute atomic E-state index is 11.5. The van der Waals surface area contributed by atoms with Crippen molar-refractivity contribution < 1.29 is 9.90 Å². The molecule has 20 heavy (non-hydrogen) atoms. The summed E-state index contributed by atoms with van der Waals surface area (Å²) in [6, 6.07) is 14.4. The van der Waals surface area contributed by atoms with Crippen molar-refractivity contribution in [2.24, 2.45) is 0 Å². The van der Waals surface area contributed by atoms with Gasteiger partial charge in [0, 0.05) is 5.69 Å². The first-order chi connectivity index (χ1) is 9.09. The van der Waals surface area contributed by atoms with Crippen LogP contribution in [0.25, 0.3) is 0 Å². The molecule has 0 bridgehead atoms. The molecule has 0 aliphatic heterocycles. The lowest BCUT2D eigenvalue weighted by Gasteiger charge is -2.19. The predicted octanol–water partition coefficient (Wildman–Crippen LogP) is 3.70. The summed E-state index contributed by atoms with van der Waals surface area (Å²) < 4.78 is 0. The fourth-order valence-corrected chi connectivity index (χ4v) is 2.12. The van der Waals surface area contributed by atoms with Crippen LogP contribution in [-0.2, 0) is 4.79 Å². The van der Waals surface area contributed by atoms with Crippen LogP contribution in [0.4, 0.5) is 5.69 Å². The first-order valence-corrected chi connectivity index (χ1v) is 6.20. The summed E-state index contributed by atoms with van der Waals surface area (Å²) in [5.41, 5.74) is 3.72. The van der Waals surface area contributed by atoms with Gasteiger partial charge in [0.25, 0.3) is 0 Å². The summed E-state index contributed by atoms with van der Waals surface area (Å²) in [5.74, 6) is -0.881. The van der Waals surface area contributed by atoms with E-state index in [0.29, 0.717) is 0 Å². The molecule has 5 N–H and O–H groups in total. The fraction of sp³-hybridized carbons (Fsp3) is 0.188. The quantitative estimate of drug-likeness (QED) is 0.792. The Labute approximate surface area is 119 Å². The van der Waals surface area contributed by atoms with E-state index in [4.69, 9.17) is 0 Å². The Balaban J connectivity index is 0.00000200. The molecule has 2 rings (SSSR count). The number of anilines is 1. The standard InChI is InChI=1S/C16H17NO2.H3N/c1-11-7-6-8-12(2)14(11)17-15(16(18)19)13-9-4-3-5-10-13;/h3-10,15,17H,1-2H3,(H,18,19);1H3. The van der Waals surface area contributed by atoms with Gasteiger partial charge in [0.05, 0.1) is 0 Å². The van der Waals surface area contributed by atoms with Gasteiger partial charge in [-0.2, -0.15) is 0 Å². The molecule has 4 nitrogen and oxygen atoms in total. The number of carboxylic acids is 1. The lowest BCUT2D eigenvalue weighted by atomic mass is 10.0. The molecule has 2 aromatic rings. The van der Waals surface area contributed by atoms with Crippen molar-refractivity contribution in [1.82, 2.24) is 6.15 Å². The van der Waals surface area contributed by atoms with Crippen LogP contribution < -0.4 is 11.5 Å². The third-order valence-corrected chi connectivity index (χ3v) is 3.15. The topological polar surface area (TPSA) is 84.3 Å². The van der Waals surface area contributed by atoms with Gasteiger partial charge in [-0.05, 0) is 30.5 Å². The minimum Gasteiger partial charge on any atom is -0.479 e. The van der Waals surface area contributed by atoms with Gasteiger partial charge < -0.3 is 16.6 Å².